The molecule has 0 aliphatic carbocycles. The van der Waals surface area contributed by atoms with Gasteiger partial charge in [-0.05, 0) is 38.8 Å². The third-order valence-electron chi connectivity index (χ3n) is 4.23. The lowest BCUT2D eigenvalue weighted by molar-refractivity contribution is 0.102. The van der Waals surface area contributed by atoms with Crippen LogP contribution in [-0.2, 0) is 12.8 Å². The molecule has 0 aromatic carbocycles. The van der Waals surface area contributed by atoms with Crippen molar-refractivity contribution in [2.45, 2.75) is 52.0 Å². The van der Waals surface area contributed by atoms with Gasteiger partial charge in [-0.15, -0.1) is 28.8 Å². The van der Waals surface area contributed by atoms with Crippen LogP contribution in [0.15, 0.2) is 6.20 Å². The Hall–Kier alpha value is -1.51. The summed E-state index contributed by atoms with van der Waals surface area (Å²) >= 11 is 1.55. The monoisotopic (exact) mass is 384 g/mol. The number of carbonyl (C=O) groups excluding carboxylic acids is 1. The van der Waals surface area contributed by atoms with Gasteiger partial charge in [0.05, 0.1) is 17.9 Å². The lowest BCUT2D eigenvalue weighted by Crippen LogP contribution is -2.29. The Morgan fingerprint density at radius 2 is 2.16 bits per heavy atom. The van der Waals surface area contributed by atoms with Crippen molar-refractivity contribution in [2.24, 2.45) is 0 Å². The van der Waals surface area contributed by atoms with Gasteiger partial charge in [0, 0.05) is 4.88 Å². The number of anilines is 1. The van der Waals surface area contributed by atoms with E-state index in [4.69, 9.17) is 0 Å². The minimum Gasteiger partial charge on any atom is -0.317 e. The van der Waals surface area contributed by atoms with Gasteiger partial charge in [-0.25, -0.2) is 9.67 Å². The Balaban J connectivity index is 0.00000225. The number of rotatable bonds is 6. The highest BCUT2D eigenvalue weighted by Gasteiger charge is 2.20. The number of carbonyl (C=O) groups is 1. The number of aryl methyl sites for hydroxylation is 2. The van der Waals surface area contributed by atoms with Crippen molar-refractivity contribution in [3.63, 3.8) is 0 Å². The number of nitrogens with zero attached hydrogens (tertiary/aromatic N) is 4. The number of amides is 1. The van der Waals surface area contributed by atoms with Crippen LogP contribution in [0.1, 0.15) is 60.2 Å². The van der Waals surface area contributed by atoms with Crippen molar-refractivity contribution >= 4 is 34.8 Å². The van der Waals surface area contributed by atoms with E-state index in [1.165, 1.54) is 4.88 Å². The molecule has 0 spiro atoms. The summed E-state index contributed by atoms with van der Waals surface area (Å²) in [4.78, 5) is 18.2. The van der Waals surface area contributed by atoms with Gasteiger partial charge in [-0.1, -0.05) is 25.5 Å². The first kappa shape index (κ1) is 19.8. The van der Waals surface area contributed by atoms with E-state index >= 15 is 0 Å². The standard InChI is InChI=1S/C16H24N6OS.ClH/c1-3-5-12-14(4-2)24-16(18-12)19-15(23)13-10-22(21-20-13)11-6-8-17-9-7-11;/h10-11,17H,3-9H2,1-2H3,(H,18,19,23);1H. The van der Waals surface area contributed by atoms with Gasteiger partial charge in [0.2, 0.25) is 0 Å². The quantitative estimate of drug-likeness (QED) is 0.799. The van der Waals surface area contributed by atoms with Crippen LogP contribution in [0.2, 0.25) is 0 Å². The molecule has 1 aliphatic rings. The van der Waals surface area contributed by atoms with Gasteiger partial charge >= 0.3 is 0 Å². The lowest BCUT2D eigenvalue weighted by Gasteiger charge is -2.21. The summed E-state index contributed by atoms with van der Waals surface area (Å²) in [6.07, 6.45) is 6.70. The van der Waals surface area contributed by atoms with Crippen molar-refractivity contribution in [1.29, 1.82) is 0 Å². The molecule has 138 valence electrons. The number of aromatic nitrogens is 4. The Labute approximate surface area is 158 Å². The zero-order valence-electron chi connectivity index (χ0n) is 14.6. The zero-order chi connectivity index (χ0) is 16.9. The normalized spacial score (nSPS) is 15.0. The van der Waals surface area contributed by atoms with E-state index in [0.29, 0.717) is 16.9 Å². The molecule has 0 atom stereocenters. The molecule has 25 heavy (non-hydrogen) atoms. The van der Waals surface area contributed by atoms with Crippen LogP contribution >= 0.6 is 23.7 Å². The molecule has 0 saturated carbocycles. The van der Waals surface area contributed by atoms with Gasteiger partial charge in [-0.3, -0.25) is 10.1 Å². The van der Waals surface area contributed by atoms with Crippen LogP contribution in [0.5, 0.6) is 0 Å². The van der Waals surface area contributed by atoms with E-state index in [1.54, 1.807) is 17.5 Å². The molecule has 0 bridgehead atoms. The fraction of sp³-hybridized carbons (Fsp3) is 0.625. The number of halogens is 1. The van der Waals surface area contributed by atoms with E-state index in [0.717, 1.165) is 50.9 Å². The largest absolute Gasteiger partial charge is 0.317 e. The van der Waals surface area contributed by atoms with Crippen molar-refractivity contribution in [3.8, 4) is 0 Å². The van der Waals surface area contributed by atoms with Crippen molar-refractivity contribution in [3.05, 3.63) is 22.5 Å². The predicted octanol–water partition coefficient (Wildman–Crippen LogP) is 2.85. The average molecular weight is 385 g/mol. The van der Waals surface area contributed by atoms with Crippen LogP contribution in [0.4, 0.5) is 5.13 Å². The lowest BCUT2D eigenvalue weighted by atomic mass is 10.1. The minimum absolute atomic E-state index is 0. The third kappa shape index (κ3) is 4.77. The molecular weight excluding hydrogens is 360 g/mol. The molecule has 2 N–H and O–H groups in total. The van der Waals surface area contributed by atoms with E-state index in [2.05, 4.69) is 39.8 Å². The van der Waals surface area contributed by atoms with Gasteiger partial charge in [0.1, 0.15) is 0 Å². The summed E-state index contributed by atoms with van der Waals surface area (Å²) in [6, 6.07) is 0.322. The highest BCUT2D eigenvalue weighted by molar-refractivity contribution is 7.15. The predicted molar refractivity (Wildman–Crippen MR) is 102 cm³/mol. The van der Waals surface area contributed by atoms with Crippen LogP contribution in [0.3, 0.4) is 0 Å². The second kappa shape index (κ2) is 9.26. The Morgan fingerprint density at radius 1 is 1.40 bits per heavy atom. The van der Waals surface area contributed by atoms with Crippen LogP contribution in [0, 0.1) is 0 Å². The SMILES string of the molecule is CCCc1nc(NC(=O)c2cn(C3CCNCC3)nn2)sc1CC.Cl. The molecule has 3 heterocycles. The molecule has 2 aromatic heterocycles. The minimum atomic E-state index is -0.241. The maximum atomic E-state index is 12.4. The third-order valence-corrected chi connectivity index (χ3v) is 5.39. The topological polar surface area (TPSA) is 84.7 Å². The van der Waals surface area contributed by atoms with E-state index in [9.17, 15) is 4.79 Å². The highest BCUT2D eigenvalue weighted by atomic mass is 35.5. The number of piperidine rings is 1. The molecule has 1 saturated heterocycles. The molecule has 0 radical (unpaired) electrons. The summed E-state index contributed by atoms with van der Waals surface area (Å²) in [5.41, 5.74) is 1.44. The zero-order valence-corrected chi connectivity index (χ0v) is 16.3. The molecule has 2 aromatic rings. The van der Waals surface area contributed by atoms with Crippen LogP contribution in [-0.4, -0.2) is 39.0 Å². The van der Waals surface area contributed by atoms with E-state index < -0.39 is 0 Å². The molecule has 9 heteroatoms. The van der Waals surface area contributed by atoms with Crippen molar-refractivity contribution in [2.75, 3.05) is 18.4 Å². The molecular formula is C16H25ClN6OS. The summed E-state index contributed by atoms with van der Waals surface area (Å²) in [6.45, 7) is 6.20. The van der Waals surface area contributed by atoms with Crippen molar-refractivity contribution in [1.82, 2.24) is 25.3 Å². The number of thiazole rings is 1. The number of nitrogens with one attached hydrogen (secondary N) is 2. The smallest absolute Gasteiger partial charge is 0.279 e. The number of hydrogen-bond acceptors (Lipinski definition) is 6. The highest BCUT2D eigenvalue weighted by Crippen LogP contribution is 2.25. The van der Waals surface area contributed by atoms with Crippen LogP contribution < -0.4 is 10.6 Å². The Morgan fingerprint density at radius 3 is 2.84 bits per heavy atom. The Bertz CT molecular complexity index is 695. The van der Waals surface area contributed by atoms with E-state index in [1.807, 2.05) is 4.68 Å². The summed E-state index contributed by atoms with van der Waals surface area (Å²) in [5.74, 6) is -0.241. The van der Waals surface area contributed by atoms with Gasteiger partial charge in [-0.2, -0.15) is 0 Å². The summed E-state index contributed by atoms with van der Waals surface area (Å²) in [5, 5.41) is 15.0. The molecule has 1 fully saturated rings. The summed E-state index contributed by atoms with van der Waals surface area (Å²) < 4.78 is 1.82. The second-order valence-corrected chi connectivity index (χ2v) is 7.10. The van der Waals surface area contributed by atoms with Gasteiger partial charge in [0.15, 0.2) is 10.8 Å². The Kier molecular flexibility index (Phi) is 7.34. The van der Waals surface area contributed by atoms with E-state index in [-0.39, 0.29) is 18.3 Å². The fourth-order valence-corrected chi connectivity index (χ4v) is 3.88. The summed E-state index contributed by atoms with van der Waals surface area (Å²) in [7, 11) is 0. The molecule has 1 amide bonds. The molecule has 1 aliphatic heterocycles. The molecule has 7 nitrogen and oxygen atoms in total. The average Bonchev–Trinajstić information content (AvgIpc) is 3.23. The maximum Gasteiger partial charge on any atom is 0.279 e. The second-order valence-electron chi connectivity index (χ2n) is 6.01. The van der Waals surface area contributed by atoms with Crippen LogP contribution in [0.25, 0.3) is 0 Å². The molecule has 3 rings (SSSR count). The first-order valence-electron chi connectivity index (χ1n) is 8.63. The first-order chi connectivity index (χ1) is 11.7. The van der Waals surface area contributed by atoms with Crippen molar-refractivity contribution < 1.29 is 4.79 Å². The maximum absolute atomic E-state index is 12.4. The first-order valence-corrected chi connectivity index (χ1v) is 9.45. The van der Waals surface area contributed by atoms with Gasteiger partial charge in [0.25, 0.3) is 5.91 Å². The fourth-order valence-electron chi connectivity index (χ4n) is 2.94. The molecule has 0 unspecified atom stereocenters. The number of hydrogen-bond donors (Lipinski definition) is 2. The van der Waals surface area contributed by atoms with Gasteiger partial charge < -0.3 is 5.32 Å².